The molecule has 2 aromatic rings. The van der Waals surface area contributed by atoms with Crippen LogP contribution in [0.2, 0.25) is 5.02 Å². The minimum atomic E-state index is -1.09. The van der Waals surface area contributed by atoms with E-state index in [1.54, 1.807) is 5.38 Å². The number of hydrogen-bond donors (Lipinski definition) is 1. The molecule has 0 radical (unpaired) electrons. The third kappa shape index (κ3) is 2.05. The lowest BCUT2D eigenvalue weighted by Gasteiger charge is -1.99. The molecule has 0 saturated heterocycles. The minimum absolute atomic E-state index is 0.0182. The fourth-order valence-electron chi connectivity index (χ4n) is 1.19. The number of carboxylic acid groups (broad SMARTS) is 1. The molecule has 0 aliphatic rings. The zero-order valence-electron chi connectivity index (χ0n) is 7.78. The molecule has 2 rings (SSSR count). The van der Waals surface area contributed by atoms with Crippen LogP contribution in [0.3, 0.4) is 0 Å². The maximum atomic E-state index is 12.8. The normalized spacial score (nSPS) is 10.4. The first-order valence-electron chi connectivity index (χ1n) is 4.22. The molecule has 0 fully saturated rings. The molecule has 1 N–H and O–H groups in total. The minimum Gasteiger partial charge on any atom is -0.476 e. The van der Waals surface area contributed by atoms with Crippen LogP contribution in [0.15, 0.2) is 23.6 Å². The molecule has 1 aromatic carbocycles. The van der Waals surface area contributed by atoms with Gasteiger partial charge in [-0.3, -0.25) is 0 Å². The van der Waals surface area contributed by atoms with Crippen molar-refractivity contribution in [3.63, 3.8) is 0 Å². The van der Waals surface area contributed by atoms with E-state index in [0.717, 1.165) is 17.4 Å². The summed E-state index contributed by atoms with van der Waals surface area (Å²) in [6, 6.07) is 3.88. The molecule has 0 atom stereocenters. The van der Waals surface area contributed by atoms with Gasteiger partial charge in [0.05, 0.1) is 10.7 Å². The fraction of sp³-hybridized carbons (Fsp3) is 0. The summed E-state index contributed by atoms with van der Waals surface area (Å²) in [5.74, 6) is -1.53. The highest BCUT2D eigenvalue weighted by molar-refractivity contribution is 7.11. The van der Waals surface area contributed by atoms with Crippen LogP contribution in [-0.4, -0.2) is 16.1 Å². The molecule has 0 spiro atoms. The van der Waals surface area contributed by atoms with Gasteiger partial charge in [-0.1, -0.05) is 11.6 Å². The fourth-order valence-corrected chi connectivity index (χ4v) is 2.11. The summed E-state index contributed by atoms with van der Waals surface area (Å²) in [7, 11) is 0. The molecule has 0 aliphatic carbocycles. The van der Waals surface area contributed by atoms with Gasteiger partial charge in [-0.05, 0) is 18.2 Å². The number of nitrogens with zero attached hydrogens (tertiary/aromatic N) is 1. The van der Waals surface area contributed by atoms with E-state index < -0.39 is 11.8 Å². The van der Waals surface area contributed by atoms with Crippen molar-refractivity contribution in [2.45, 2.75) is 0 Å². The van der Waals surface area contributed by atoms with Crippen molar-refractivity contribution in [2.24, 2.45) is 0 Å². The first kappa shape index (κ1) is 11.0. The Hall–Kier alpha value is -1.46. The van der Waals surface area contributed by atoms with E-state index >= 15 is 0 Å². The topological polar surface area (TPSA) is 50.2 Å². The lowest BCUT2D eigenvalue weighted by Crippen LogP contribution is -1.94. The molecule has 0 amide bonds. The van der Waals surface area contributed by atoms with Crippen LogP contribution in [0.5, 0.6) is 0 Å². The zero-order chi connectivity index (χ0) is 11.7. The van der Waals surface area contributed by atoms with E-state index in [1.807, 2.05) is 0 Å². The first-order valence-corrected chi connectivity index (χ1v) is 5.48. The third-order valence-corrected chi connectivity index (χ3v) is 3.04. The average Bonchev–Trinajstić information content (AvgIpc) is 2.66. The second kappa shape index (κ2) is 4.19. The Balaban J connectivity index is 2.46. The summed E-state index contributed by atoms with van der Waals surface area (Å²) >= 11 is 6.83. The largest absolute Gasteiger partial charge is 0.476 e. The maximum Gasteiger partial charge on any atom is 0.365 e. The van der Waals surface area contributed by atoms with Crippen molar-refractivity contribution in [1.29, 1.82) is 0 Å². The number of carbonyl (C=O) groups is 1. The number of carboxylic acids is 1. The molecular weight excluding hydrogens is 253 g/mol. The standard InChI is InChI=1S/C10H5ClFNO2S/c11-7-3-5(12)1-2-6(7)8-4-16-9(13-8)10(14)15/h1-4H,(H,14,15). The van der Waals surface area contributed by atoms with Crippen LogP contribution in [0.4, 0.5) is 4.39 Å². The molecule has 0 saturated carbocycles. The highest BCUT2D eigenvalue weighted by Gasteiger charge is 2.12. The second-order valence-corrected chi connectivity index (χ2v) is 4.23. The van der Waals surface area contributed by atoms with Crippen LogP contribution in [0.25, 0.3) is 11.3 Å². The van der Waals surface area contributed by atoms with Crippen molar-refractivity contribution in [3.8, 4) is 11.3 Å². The van der Waals surface area contributed by atoms with Crippen molar-refractivity contribution >= 4 is 28.9 Å². The van der Waals surface area contributed by atoms with E-state index in [9.17, 15) is 9.18 Å². The number of hydrogen-bond acceptors (Lipinski definition) is 3. The van der Waals surface area contributed by atoms with E-state index in [2.05, 4.69) is 4.98 Å². The number of halogens is 2. The van der Waals surface area contributed by atoms with Crippen LogP contribution >= 0.6 is 22.9 Å². The van der Waals surface area contributed by atoms with Crippen molar-refractivity contribution in [3.05, 3.63) is 39.4 Å². The Morgan fingerprint density at radius 3 is 2.81 bits per heavy atom. The summed E-state index contributed by atoms with van der Waals surface area (Å²) in [6.07, 6.45) is 0. The first-order chi connectivity index (χ1) is 7.58. The number of benzene rings is 1. The molecule has 1 aromatic heterocycles. The van der Waals surface area contributed by atoms with Gasteiger partial charge in [-0.25, -0.2) is 14.2 Å². The molecule has 82 valence electrons. The summed E-state index contributed by atoms with van der Waals surface area (Å²) < 4.78 is 12.8. The van der Waals surface area contributed by atoms with Crippen molar-refractivity contribution < 1.29 is 14.3 Å². The van der Waals surface area contributed by atoms with Gasteiger partial charge in [0.15, 0.2) is 0 Å². The van der Waals surface area contributed by atoms with Gasteiger partial charge in [0.1, 0.15) is 5.82 Å². The van der Waals surface area contributed by atoms with E-state index in [-0.39, 0.29) is 10.0 Å². The van der Waals surface area contributed by atoms with Gasteiger partial charge in [-0.2, -0.15) is 0 Å². The summed E-state index contributed by atoms with van der Waals surface area (Å²) in [5, 5.41) is 10.5. The smallest absolute Gasteiger partial charge is 0.365 e. The van der Waals surface area contributed by atoms with Gasteiger partial charge in [0, 0.05) is 10.9 Å². The van der Waals surface area contributed by atoms with Gasteiger partial charge in [-0.15, -0.1) is 11.3 Å². The Kier molecular flexibility index (Phi) is 2.89. The number of aromatic carboxylic acids is 1. The maximum absolute atomic E-state index is 12.8. The van der Waals surface area contributed by atoms with E-state index in [0.29, 0.717) is 11.3 Å². The lowest BCUT2D eigenvalue weighted by molar-refractivity contribution is 0.0696. The molecule has 0 bridgehead atoms. The van der Waals surface area contributed by atoms with E-state index in [4.69, 9.17) is 16.7 Å². The molecular formula is C10H5ClFNO2S. The van der Waals surface area contributed by atoms with E-state index in [1.165, 1.54) is 12.1 Å². The molecule has 0 unspecified atom stereocenters. The Morgan fingerprint density at radius 2 is 2.25 bits per heavy atom. The van der Waals surface area contributed by atoms with Gasteiger partial charge in [0.2, 0.25) is 5.01 Å². The SMILES string of the molecule is O=C(O)c1nc(-c2ccc(F)cc2Cl)cs1. The van der Waals surface area contributed by atoms with Crippen LogP contribution < -0.4 is 0 Å². The predicted octanol–water partition coefficient (Wildman–Crippen LogP) is 3.30. The molecule has 0 aliphatic heterocycles. The number of aromatic nitrogens is 1. The molecule has 3 nitrogen and oxygen atoms in total. The Morgan fingerprint density at radius 1 is 1.50 bits per heavy atom. The third-order valence-electron chi connectivity index (χ3n) is 1.89. The van der Waals surface area contributed by atoms with Gasteiger partial charge in [0.25, 0.3) is 0 Å². The molecule has 16 heavy (non-hydrogen) atoms. The Labute approximate surface area is 99.1 Å². The summed E-state index contributed by atoms with van der Waals surface area (Å²) in [4.78, 5) is 14.5. The average molecular weight is 258 g/mol. The highest BCUT2D eigenvalue weighted by Crippen LogP contribution is 2.29. The van der Waals surface area contributed by atoms with Gasteiger partial charge < -0.3 is 5.11 Å². The Bertz CT molecular complexity index is 556. The van der Waals surface area contributed by atoms with Crippen LogP contribution in [0, 0.1) is 5.82 Å². The molecule has 6 heteroatoms. The quantitative estimate of drug-likeness (QED) is 0.898. The van der Waals surface area contributed by atoms with Crippen LogP contribution in [0.1, 0.15) is 9.80 Å². The monoisotopic (exact) mass is 257 g/mol. The lowest BCUT2D eigenvalue weighted by atomic mass is 10.2. The zero-order valence-corrected chi connectivity index (χ0v) is 9.35. The predicted molar refractivity (Wildman–Crippen MR) is 59.5 cm³/mol. The number of rotatable bonds is 2. The van der Waals surface area contributed by atoms with Crippen LogP contribution in [-0.2, 0) is 0 Å². The van der Waals surface area contributed by atoms with Gasteiger partial charge >= 0.3 is 5.97 Å². The summed E-state index contributed by atoms with van der Waals surface area (Å²) in [5.41, 5.74) is 0.958. The van der Waals surface area contributed by atoms with Crippen molar-refractivity contribution in [1.82, 2.24) is 4.98 Å². The summed E-state index contributed by atoms with van der Waals surface area (Å²) in [6.45, 7) is 0. The second-order valence-electron chi connectivity index (χ2n) is 2.97. The highest BCUT2D eigenvalue weighted by atomic mass is 35.5. The van der Waals surface area contributed by atoms with Crippen molar-refractivity contribution in [2.75, 3.05) is 0 Å². The number of thiazole rings is 1. The molecule has 1 heterocycles.